The van der Waals surface area contributed by atoms with Crippen molar-refractivity contribution >= 4 is 17.8 Å². The van der Waals surface area contributed by atoms with Crippen molar-refractivity contribution in [1.29, 1.82) is 0 Å². The third-order valence-electron chi connectivity index (χ3n) is 7.19. The van der Waals surface area contributed by atoms with Crippen molar-refractivity contribution in [3.63, 3.8) is 0 Å². The van der Waals surface area contributed by atoms with Crippen LogP contribution in [-0.2, 0) is 29.0 Å². The summed E-state index contributed by atoms with van der Waals surface area (Å²) < 4.78 is 6.44. The molecule has 2 aromatic rings. The Hall–Kier alpha value is -3.16. The number of fused-ring (bicyclic) bond motifs is 1. The SMILES string of the molecule is CCc1ccc(CN2C(=O)c3c(C(=O)OC)ncn3C[C@]2(C)C(=O)NC2CCCCCC2)cc1. The van der Waals surface area contributed by atoms with Gasteiger partial charge in [0.05, 0.1) is 20.0 Å². The van der Waals surface area contributed by atoms with Gasteiger partial charge in [-0.15, -0.1) is 0 Å². The second-order valence-corrected chi connectivity index (χ2v) is 9.56. The first-order chi connectivity index (χ1) is 16.4. The third-order valence-corrected chi connectivity index (χ3v) is 7.19. The lowest BCUT2D eigenvalue weighted by atomic mass is 9.92. The molecule has 1 saturated carbocycles. The number of amides is 2. The quantitative estimate of drug-likeness (QED) is 0.520. The standard InChI is InChI=1S/C26H34N4O4/c1-4-18-11-13-19(14-12-18)15-30-23(31)22-21(24(32)34-3)27-17-29(22)16-26(30,2)25(33)28-20-9-7-5-6-8-10-20/h11-14,17,20H,4-10,15-16H2,1-3H3,(H,28,33)/t26-/m1/s1. The third kappa shape index (κ3) is 4.58. The highest BCUT2D eigenvalue weighted by Crippen LogP contribution is 2.31. The molecule has 0 spiro atoms. The molecule has 4 rings (SSSR count). The second kappa shape index (κ2) is 9.99. The molecule has 2 aliphatic rings. The Morgan fingerprint density at radius 1 is 1.12 bits per heavy atom. The molecule has 0 bridgehead atoms. The van der Waals surface area contributed by atoms with Gasteiger partial charge in [-0.25, -0.2) is 9.78 Å². The van der Waals surface area contributed by atoms with E-state index in [0.29, 0.717) is 0 Å². The van der Waals surface area contributed by atoms with Gasteiger partial charge in [-0.2, -0.15) is 0 Å². The van der Waals surface area contributed by atoms with Gasteiger partial charge in [0.2, 0.25) is 5.91 Å². The topological polar surface area (TPSA) is 93.5 Å². The van der Waals surface area contributed by atoms with Gasteiger partial charge in [-0.1, -0.05) is 56.9 Å². The molecule has 182 valence electrons. The molecule has 8 nitrogen and oxygen atoms in total. The van der Waals surface area contributed by atoms with E-state index < -0.39 is 17.4 Å². The Balaban J connectivity index is 1.69. The summed E-state index contributed by atoms with van der Waals surface area (Å²) in [5.41, 5.74) is 1.13. The van der Waals surface area contributed by atoms with Crippen LogP contribution in [0.1, 0.15) is 84.5 Å². The van der Waals surface area contributed by atoms with E-state index in [4.69, 9.17) is 4.74 Å². The van der Waals surface area contributed by atoms with E-state index in [1.807, 2.05) is 24.3 Å². The molecule has 1 atom stereocenters. The van der Waals surface area contributed by atoms with Crippen LogP contribution in [0.15, 0.2) is 30.6 Å². The number of methoxy groups -OCH3 is 1. The number of rotatable bonds is 6. The van der Waals surface area contributed by atoms with Gasteiger partial charge in [0.15, 0.2) is 5.69 Å². The largest absolute Gasteiger partial charge is 0.464 e. The van der Waals surface area contributed by atoms with E-state index in [-0.39, 0.29) is 36.4 Å². The second-order valence-electron chi connectivity index (χ2n) is 9.56. The minimum atomic E-state index is -1.13. The van der Waals surface area contributed by atoms with E-state index >= 15 is 0 Å². The zero-order valence-corrected chi connectivity index (χ0v) is 20.3. The molecule has 2 heterocycles. The summed E-state index contributed by atoms with van der Waals surface area (Å²) in [6.07, 6.45) is 8.86. The van der Waals surface area contributed by atoms with Crippen LogP contribution in [0.4, 0.5) is 0 Å². The minimum Gasteiger partial charge on any atom is -0.464 e. The van der Waals surface area contributed by atoms with Crippen LogP contribution in [-0.4, -0.2) is 50.9 Å². The number of aryl methyl sites for hydroxylation is 1. The number of ether oxygens (including phenoxy) is 1. The highest BCUT2D eigenvalue weighted by atomic mass is 16.5. The molecular formula is C26H34N4O4. The summed E-state index contributed by atoms with van der Waals surface area (Å²) in [5, 5.41) is 3.24. The van der Waals surface area contributed by atoms with Crippen molar-refractivity contribution in [2.75, 3.05) is 7.11 Å². The van der Waals surface area contributed by atoms with Crippen LogP contribution in [0.3, 0.4) is 0 Å². The minimum absolute atomic E-state index is 0.0231. The molecule has 1 aliphatic heterocycles. The molecule has 1 aliphatic carbocycles. The van der Waals surface area contributed by atoms with Gasteiger partial charge < -0.3 is 19.5 Å². The van der Waals surface area contributed by atoms with E-state index in [2.05, 4.69) is 17.2 Å². The average molecular weight is 467 g/mol. The lowest BCUT2D eigenvalue weighted by Gasteiger charge is -2.44. The number of aromatic nitrogens is 2. The Labute approximate surface area is 200 Å². The van der Waals surface area contributed by atoms with E-state index in [9.17, 15) is 14.4 Å². The van der Waals surface area contributed by atoms with Crippen molar-refractivity contribution in [2.24, 2.45) is 0 Å². The fourth-order valence-corrected chi connectivity index (χ4v) is 5.01. The number of imidazole rings is 1. The van der Waals surface area contributed by atoms with E-state index in [0.717, 1.165) is 37.7 Å². The van der Waals surface area contributed by atoms with Crippen molar-refractivity contribution in [3.8, 4) is 0 Å². The number of esters is 1. The van der Waals surface area contributed by atoms with Crippen molar-refractivity contribution < 1.29 is 19.1 Å². The van der Waals surface area contributed by atoms with Gasteiger partial charge in [0.1, 0.15) is 11.2 Å². The summed E-state index contributed by atoms with van der Waals surface area (Å²) in [7, 11) is 1.26. The molecule has 0 radical (unpaired) electrons. The summed E-state index contributed by atoms with van der Waals surface area (Å²) in [4.78, 5) is 45.5. The van der Waals surface area contributed by atoms with Gasteiger partial charge in [-0.05, 0) is 37.3 Å². The smallest absolute Gasteiger partial charge is 0.359 e. The highest BCUT2D eigenvalue weighted by molar-refractivity contribution is 6.06. The summed E-state index contributed by atoms with van der Waals surface area (Å²) in [6, 6.07) is 8.17. The van der Waals surface area contributed by atoms with Crippen LogP contribution < -0.4 is 5.32 Å². The summed E-state index contributed by atoms with van der Waals surface area (Å²) in [5.74, 6) is -1.24. The highest BCUT2D eigenvalue weighted by Gasteiger charge is 2.49. The van der Waals surface area contributed by atoms with Crippen LogP contribution in [0, 0.1) is 0 Å². The zero-order valence-electron chi connectivity index (χ0n) is 20.3. The van der Waals surface area contributed by atoms with Crippen LogP contribution in [0.5, 0.6) is 0 Å². The van der Waals surface area contributed by atoms with Gasteiger partial charge >= 0.3 is 5.97 Å². The Morgan fingerprint density at radius 3 is 2.38 bits per heavy atom. The first-order valence-corrected chi connectivity index (χ1v) is 12.2. The Bertz CT molecular complexity index is 1050. The van der Waals surface area contributed by atoms with Gasteiger partial charge in [-0.3, -0.25) is 9.59 Å². The number of nitrogens with one attached hydrogen (secondary N) is 1. The maximum atomic E-state index is 13.8. The molecular weight excluding hydrogens is 432 g/mol. The average Bonchev–Trinajstić information content (AvgIpc) is 3.09. The lowest BCUT2D eigenvalue weighted by molar-refractivity contribution is -0.134. The molecule has 1 aromatic heterocycles. The van der Waals surface area contributed by atoms with Gasteiger partial charge in [0.25, 0.3) is 5.91 Å². The number of hydrogen-bond acceptors (Lipinski definition) is 5. The molecule has 0 saturated heterocycles. The predicted molar refractivity (Wildman–Crippen MR) is 127 cm³/mol. The lowest BCUT2D eigenvalue weighted by Crippen LogP contribution is -2.64. The molecule has 34 heavy (non-hydrogen) atoms. The van der Waals surface area contributed by atoms with Crippen LogP contribution in [0.2, 0.25) is 0 Å². The Kier molecular flexibility index (Phi) is 7.05. The van der Waals surface area contributed by atoms with E-state index in [1.165, 1.54) is 31.8 Å². The number of benzene rings is 1. The Morgan fingerprint density at radius 2 is 1.76 bits per heavy atom. The number of hydrogen-bond donors (Lipinski definition) is 1. The van der Waals surface area contributed by atoms with Gasteiger partial charge in [0, 0.05) is 12.6 Å². The molecule has 1 fully saturated rings. The fraction of sp³-hybridized carbons (Fsp3) is 0.538. The molecule has 0 unspecified atom stereocenters. The first-order valence-electron chi connectivity index (χ1n) is 12.2. The van der Waals surface area contributed by atoms with Crippen LogP contribution in [0.25, 0.3) is 0 Å². The fourth-order valence-electron chi connectivity index (χ4n) is 5.01. The monoisotopic (exact) mass is 466 g/mol. The molecule has 1 aromatic carbocycles. The van der Waals surface area contributed by atoms with Crippen molar-refractivity contribution in [2.45, 2.75) is 83.5 Å². The number of carbonyl (C=O) groups is 3. The molecule has 8 heteroatoms. The first kappa shape index (κ1) is 24.0. The molecule has 1 N–H and O–H groups in total. The van der Waals surface area contributed by atoms with Crippen molar-refractivity contribution in [3.05, 3.63) is 53.1 Å². The van der Waals surface area contributed by atoms with Crippen molar-refractivity contribution in [1.82, 2.24) is 19.8 Å². The van der Waals surface area contributed by atoms with Crippen LogP contribution >= 0.6 is 0 Å². The number of nitrogens with zero attached hydrogens (tertiary/aromatic N) is 3. The maximum Gasteiger partial charge on any atom is 0.359 e. The molecule has 2 amide bonds. The normalized spacial score (nSPS) is 21.0. The predicted octanol–water partition coefficient (Wildman–Crippen LogP) is 3.49. The zero-order chi connectivity index (χ0) is 24.3. The maximum absolute atomic E-state index is 13.8. The number of carbonyl (C=O) groups excluding carboxylic acids is 3. The summed E-state index contributed by atoms with van der Waals surface area (Å²) in [6.45, 7) is 4.36. The summed E-state index contributed by atoms with van der Waals surface area (Å²) >= 11 is 0. The van der Waals surface area contributed by atoms with E-state index in [1.54, 1.807) is 16.4 Å².